The van der Waals surface area contributed by atoms with Gasteiger partial charge in [0.05, 0.1) is 12.0 Å². The summed E-state index contributed by atoms with van der Waals surface area (Å²) in [5.41, 5.74) is 1.71. The Morgan fingerprint density at radius 1 is 0.806 bits per heavy atom. The van der Waals surface area contributed by atoms with Gasteiger partial charge in [0.25, 0.3) is 11.8 Å². The van der Waals surface area contributed by atoms with Crippen LogP contribution >= 0.6 is 0 Å². The van der Waals surface area contributed by atoms with E-state index in [1.807, 2.05) is 12.1 Å². The third-order valence-corrected chi connectivity index (χ3v) is 4.51. The molecule has 0 unspecified atom stereocenters. The highest BCUT2D eigenvalue weighted by Crippen LogP contribution is 2.09. The largest absolute Gasteiger partial charge is 0.548 e. The van der Waals surface area contributed by atoms with Crippen LogP contribution in [-0.4, -0.2) is 23.8 Å². The molecule has 0 spiro atoms. The summed E-state index contributed by atoms with van der Waals surface area (Å²) in [4.78, 5) is 37.2. The van der Waals surface area contributed by atoms with Crippen molar-refractivity contribution in [2.75, 3.05) is 0 Å². The molecule has 0 aliphatic rings. The second-order valence-electron chi connectivity index (χ2n) is 6.82. The molecule has 156 valence electrons. The third-order valence-electron chi connectivity index (χ3n) is 4.51. The fourth-order valence-corrected chi connectivity index (χ4v) is 2.94. The summed E-state index contributed by atoms with van der Waals surface area (Å²) in [6, 6.07) is 25.0. The lowest BCUT2D eigenvalue weighted by Gasteiger charge is -2.21. The molecular formula is C25H21N2O4-. The van der Waals surface area contributed by atoms with Gasteiger partial charge in [-0.2, -0.15) is 0 Å². The molecule has 0 aromatic heterocycles. The number of carbonyl (C=O) groups excluding carboxylic acids is 3. The van der Waals surface area contributed by atoms with E-state index in [9.17, 15) is 19.5 Å². The molecule has 0 saturated heterocycles. The summed E-state index contributed by atoms with van der Waals surface area (Å²) >= 11 is 0. The van der Waals surface area contributed by atoms with Gasteiger partial charge in [0.2, 0.25) is 0 Å². The second-order valence-corrected chi connectivity index (χ2v) is 6.82. The van der Waals surface area contributed by atoms with E-state index in [4.69, 9.17) is 0 Å². The molecule has 0 fully saturated rings. The van der Waals surface area contributed by atoms with Crippen molar-refractivity contribution >= 4 is 23.9 Å². The molecule has 0 aliphatic carbocycles. The summed E-state index contributed by atoms with van der Waals surface area (Å²) in [7, 11) is 0. The van der Waals surface area contributed by atoms with Gasteiger partial charge >= 0.3 is 0 Å². The van der Waals surface area contributed by atoms with E-state index in [1.54, 1.807) is 78.9 Å². The van der Waals surface area contributed by atoms with E-state index in [-0.39, 0.29) is 12.1 Å². The lowest BCUT2D eigenvalue weighted by atomic mass is 10.1. The number of carbonyl (C=O) groups is 3. The van der Waals surface area contributed by atoms with Crippen LogP contribution < -0.4 is 15.7 Å². The molecule has 1 atom stereocenters. The number of benzene rings is 3. The summed E-state index contributed by atoms with van der Waals surface area (Å²) in [5, 5.41) is 16.7. The van der Waals surface area contributed by atoms with E-state index in [0.717, 1.165) is 5.56 Å². The summed E-state index contributed by atoms with van der Waals surface area (Å²) < 4.78 is 0. The minimum absolute atomic E-state index is 0.0557. The Balaban J connectivity index is 1.83. The molecule has 3 aromatic carbocycles. The molecule has 6 heteroatoms. The van der Waals surface area contributed by atoms with Gasteiger partial charge in [0, 0.05) is 5.56 Å². The Hall–Kier alpha value is -4.19. The van der Waals surface area contributed by atoms with E-state index in [1.165, 1.54) is 6.08 Å². The van der Waals surface area contributed by atoms with Crippen LogP contribution in [0.1, 0.15) is 21.5 Å². The first-order chi connectivity index (χ1) is 15.0. The smallest absolute Gasteiger partial charge is 0.268 e. The molecule has 2 amide bonds. The Morgan fingerprint density at radius 3 is 1.94 bits per heavy atom. The number of aliphatic carboxylic acids is 1. The van der Waals surface area contributed by atoms with Crippen LogP contribution in [0.15, 0.2) is 96.7 Å². The van der Waals surface area contributed by atoms with Gasteiger partial charge in [-0.25, -0.2) is 0 Å². The van der Waals surface area contributed by atoms with Crippen molar-refractivity contribution in [3.8, 4) is 0 Å². The van der Waals surface area contributed by atoms with Crippen molar-refractivity contribution in [1.82, 2.24) is 10.6 Å². The first-order valence-corrected chi connectivity index (χ1v) is 9.72. The average Bonchev–Trinajstić information content (AvgIpc) is 2.80. The predicted molar refractivity (Wildman–Crippen MR) is 115 cm³/mol. The monoisotopic (exact) mass is 413 g/mol. The maximum atomic E-state index is 12.9. The first-order valence-electron chi connectivity index (χ1n) is 9.72. The molecule has 31 heavy (non-hydrogen) atoms. The van der Waals surface area contributed by atoms with E-state index >= 15 is 0 Å². The summed E-state index contributed by atoms with van der Waals surface area (Å²) in [6.45, 7) is 0. The van der Waals surface area contributed by atoms with Crippen LogP contribution in [0.25, 0.3) is 6.08 Å². The number of hydrogen-bond acceptors (Lipinski definition) is 4. The van der Waals surface area contributed by atoms with Gasteiger partial charge in [-0.15, -0.1) is 0 Å². The van der Waals surface area contributed by atoms with Crippen LogP contribution in [0.5, 0.6) is 0 Å². The van der Waals surface area contributed by atoms with Crippen molar-refractivity contribution in [3.63, 3.8) is 0 Å². The van der Waals surface area contributed by atoms with Crippen molar-refractivity contribution < 1.29 is 19.5 Å². The van der Waals surface area contributed by atoms with Gasteiger partial charge < -0.3 is 20.5 Å². The molecule has 0 heterocycles. The van der Waals surface area contributed by atoms with Gasteiger partial charge in [0.1, 0.15) is 5.70 Å². The normalized spacial score (nSPS) is 11.9. The van der Waals surface area contributed by atoms with E-state index in [0.29, 0.717) is 11.1 Å². The Labute approximate surface area is 180 Å². The van der Waals surface area contributed by atoms with Crippen LogP contribution in [-0.2, 0) is 16.0 Å². The van der Waals surface area contributed by atoms with Gasteiger partial charge in [0.15, 0.2) is 0 Å². The lowest BCUT2D eigenvalue weighted by Crippen LogP contribution is -2.50. The maximum absolute atomic E-state index is 12.9. The molecule has 0 saturated carbocycles. The van der Waals surface area contributed by atoms with Crippen molar-refractivity contribution in [3.05, 3.63) is 113 Å². The molecule has 0 radical (unpaired) electrons. The summed E-state index contributed by atoms with van der Waals surface area (Å²) in [6.07, 6.45) is 1.55. The second kappa shape index (κ2) is 10.5. The fourth-order valence-electron chi connectivity index (χ4n) is 2.94. The zero-order chi connectivity index (χ0) is 22.1. The van der Waals surface area contributed by atoms with Crippen LogP contribution in [0.4, 0.5) is 0 Å². The zero-order valence-electron chi connectivity index (χ0n) is 16.7. The average molecular weight is 413 g/mol. The molecule has 2 N–H and O–H groups in total. The Kier molecular flexibility index (Phi) is 7.32. The van der Waals surface area contributed by atoms with Crippen molar-refractivity contribution in [1.29, 1.82) is 0 Å². The fraction of sp³-hybridized carbons (Fsp3) is 0.0800. The Morgan fingerprint density at radius 2 is 1.35 bits per heavy atom. The topological polar surface area (TPSA) is 98.3 Å². The molecular weight excluding hydrogens is 392 g/mol. The summed E-state index contributed by atoms with van der Waals surface area (Å²) in [5.74, 6) is -2.62. The minimum Gasteiger partial charge on any atom is -0.548 e. The number of carboxylic acid groups (broad SMARTS) is 1. The Bertz CT molecular complexity index is 1060. The number of rotatable bonds is 8. The SMILES string of the molecule is O=C(N[C@@H](Cc1ccccc1)C(=O)[O-])/C(=C/c1ccccc1)NC(=O)c1ccccc1. The maximum Gasteiger partial charge on any atom is 0.268 e. The number of hydrogen-bond donors (Lipinski definition) is 2. The molecule has 3 rings (SSSR count). The van der Waals surface area contributed by atoms with Gasteiger partial charge in [-0.1, -0.05) is 78.9 Å². The van der Waals surface area contributed by atoms with Crippen LogP contribution in [0, 0.1) is 0 Å². The highest BCUT2D eigenvalue weighted by molar-refractivity contribution is 6.06. The van der Waals surface area contributed by atoms with E-state index in [2.05, 4.69) is 10.6 Å². The zero-order valence-corrected chi connectivity index (χ0v) is 16.7. The molecule has 0 aliphatic heterocycles. The number of carboxylic acids is 1. The van der Waals surface area contributed by atoms with E-state index < -0.39 is 23.8 Å². The van der Waals surface area contributed by atoms with Crippen molar-refractivity contribution in [2.45, 2.75) is 12.5 Å². The highest BCUT2D eigenvalue weighted by atomic mass is 16.4. The first kappa shape index (κ1) is 21.5. The quantitative estimate of drug-likeness (QED) is 0.552. The minimum atomic E-state index is -1.41. The third kappa shape index (κ3) is 6.40. The standard InChI is InChI=1S/C25H22N2O4/c28-23(20-14-8-3-9-15-20)26-21(16-18-10-4-1-5-11-18)24(29)27-22(25(30)31)17-19-12-6-2-7-13-19/h1-16,22H,17H2,(H,26,28)(H,27,29)(H,30,31)/p-1/b21-16-/t22-/m0/s1. The predicted octanol–water partition coefficient (Wildman–Crippen LogP) is 1.93. The molecule has 0 bridgehead atoms. The number of amides is 2. The molecule has 3 aromatic rings. The van der Waals surface area contributed by atoms with Crippen LogP contribution in [0.2, 0.25) is 0 Å². The number of nitrogens with one attached hydrogen (secondary N) is 2. The van der Waals surface area contributed by atoms with Crippen LogP contribution in [0.3, 0.4) is 0 Å². The highest BCUT2D eigenvalue weighted by Gasteiger charge is 2.19. The lowest BCUT2D eigenvalue weighted by molar-refractivity contribution is -0.308. The van der Waals surface area contributed by atoms with Gasteiger partial charge in [-0.05, 0) is 35.8 Å². The van der Waals surface area contributed by atoms with Gasteiger partial charge in [-0.3, -0.25) is 9.59 Å². The molecule has 6 nitrogen and oxygen atoms in total. The van der Waals surface area contributed by atoms with Crippen molar-refractivity contribution in [2.24, 2.45) is 0 Å².